The Balaban J connectivity index is 2.09. The van der Waals surface area contributed by atoms with E-state index in [4.69, 9.17) is 9.47 Å². The predicted molar refractivity (Wildman–Crippen MR) is 78.2 cm³/mol. The fourth-order valence-corrected chi connectivity index (χ4v) is 1.95. The highest BCUT2D eigenvalue weighted by atomic mass is 16.5. The topological polar surface area (TPSA) is 35.5 Å². The standard InChI is InChI=1S/C17H18O3/c1-19-16-10-9-14(8-5-11-18)12-17(16)20-13-15-6-3-2-4-7-15/h2-4,6-7,9-12H,5,8,13H2,1H3. The largest absolute Gasteiger partial charge is 0.493 e. The van der Waals surface area contributed by atoms with Gasteiger partial charge in [-0.3, -0.25) is 0 Å². The Morgan fingerprint density at radius 2 is 1.80 bits per heavy atom. The average Bonchev–Trinajstić information content (AvgIpc) is 2.52. The maximum atomic E-state index is 10.4. The van der Waals surface area contributed by atoms with Crippen LogP contribution in [0.2, 0.25) is 0 Å². The van der Waals surface area contributed by atoms with Crippen molar-refractivity contribution in [3.05, 3.63) is 59.7 Å². The highest BCUT2D eigenvalue weighted by molar-refractivity contribution is 5.51. The van der Waals surface area contributed by atoms with Crippen molar-refractivity contribution in [2.75, 3.05) is 7.11 Å². The zero-order valence-electron chi connectivity index (χ0n) is 11.5. The lowest BCUT2D eigenvalue weighted by Gasteiger charge is -2.12. The Morgan fingerprint density at radius 1 is 1.00 bits per heavy atom. The van der Waals surface area contributed by atoms with Crippen molar-refractivity contribution in [2.45, 2.75) is 19.4 Å². The molecule has 2 rings (SSSR count). The molecule has 20 heavy (non-hydrogen) atoms. The maximum Gasteiger partial charge on any atom is 0.161 e. The van der Waals surface area contributed by atoms with Gasteiger partial charge in [0.15, 0.2) is 11.5 Å². The number of carbonyl (C=O) groups is 1. The summed E-state index contributed by atoms with van der Waals surface area (Å²) in [4.78, 5) is 10.4. The molecule has 0 unspecified atom stereocenters. The molecule has 0 atom stereocenters. The molecule has 0 radical (unpaired) electrons. The zero-order chi connectivity index (χ0) is 14.2. The van der Waals surface area contributed by atoms with Crippen LogP contribution >= 0.6 is 0 Å². The second-order valence-electron chi connectivity index (χ2n) is 4.46. The van der Waals surface area contributed by atoms with Crippen LogP contribution in [-0.2, 0) is 17.8 Å². The number of hydrogen-bond donors (Lipinski definition) is 0. The molecule has 2 aromatic rings. The van der Waals surface area contributed by atoms with Gasteiger partial charge in [-0.05, 0) is 29.7 Å². The lowest BCUT2D eigenvalue weighted by Crippen LogP contribution is -1.98. The molecule has 0 saturated heterocycles. The molecule has 0 bridgehead atoms. The van der Waals surface area contributed by atoms with Gasteiger partial charge >= 0.3 is 0 Å². The Hall–Kier alpha value is -2.29. The third kappa shape index (κ3) is 3.85. The molecule has 104 valence electrons. The summed E-state index contributed by atoms with van der Waals surface area (Å²) < 4.78 is 11.1. The fourth-order valence-electron chi connectivity index (χ4n) is 1.95. The quantitative estimate of drug-likeness (QED) is 0.723. The van der Waals surface area contributed by atoms with E-state index >= 15 is 0 Å². The molecule has 0 spiro atoms. The zero-order valence-corrected chi connectivity index (χ0v) is 11.5. The van der Waals surface area contributed by atoms with Crippen molar-refractivity contribution >= 4 is 6.29 Å². The molecule has 0 aliphatic rings. The van der Waals surface area contributed by atoms with E-state index in [0.29, 0.717) is 24.5 Å². The van der Waals surface area contributed by atoms with Crippen LogP contribution in [0.1, 0.15) is 17.5 Å². The van der Waals surface area contributed by atoms with Crippen LogP contribution in [0, 0.1) is 0 Å². The van der Waals surface area contributed by atoms with Crippen LogP contribution in [0.5, 0.6) is 11.5 Å². The van der Waals surface area contributed by atoms with E-state index in [2.05, 4.69) is 0 Å². The minimum absolute atomic E-state index is 0.494. The molecule has 0 aliphatic carbocycles. The molecule has 3 heteroatoms. The van der Waals surface area contributed by atoms with Gasteiger partial charge in [0.05, 0.1) is 7.11 Å². The van der Waals surface area contributed by atoms with Crippen molar-refractivity contribution in [1.82, 2.24) is 0 Å². The Kier molecular flexibility index (Phi) is 5.18. The maximum absolute atomic E-state index is 10.4. The first kappa shape index (κ1) is 14.1. The summed E-state index contributed by atoms with van der Waals surface area (Å²) in [5.41, 5.74) is 2.17. The summed E-state index contributed by atoms with van der Waals surface area (Å²) in [6, 6.07) is 15.7. The van der Waals surface area contributed by atoms with E-state index in [0.717, 1.165) is 23.8 Å². The second-order valence-corrected chi connectivity index (χ2v) is 4.46. The summed E-state index contributed by atoms with van der Waals surface area (Å²) in [6.45, 7) is 0.494. The molecule has 0 aliphatic heterocycles. The summed E-state index contributed by atoms with van der Waals surface area (Å²) in [7, 11) is 1.62. The van der Waals surface area contributed by atoms with Gasteiger partial charge in [0, 0.05) is 6.42 Å². The van der Waals surface area contributed by atoms with Crippen LogP contribution in [0.25, 0.3) is 0 Å². The molecule has 0 fully saturated rings. The Labute approximate surface area is 119 Å². The fraction of sp³-hybridized carbons (Fsp3) is 0.235. The number of benzene rings is 2. The van der Waals surface area contributed by atoms with E-state index in [9.17, 15) is 4.79 Å². The smallest absolute Gasteiger partial charge is 0.161 e. The van der Waals surface area contributed by atoms with Crippen molar-refractivity contribution in [3.8, 4) is 11.5 Å². The number of carbonyl (C=O) groups excluding carboxylic acids is 1. The highest BCUT2D eigenvalue weighted by Gasteiger charge is 2.06. The normalized spacial score (nSPS) is 10.1. The van der Waals surface area contributed by atoms with E-state index in [1.54, 1.807) is 7.11 Å². The van der Waals surface area contributed by atoms with E-state index < -0.39 is 0 Å². The van der Waals surface area contributed by atoms with Gasteiger partial charge in [0.2, 0.25) is 0 Å². The first-order chi connectivity index (χ1) is 9.83. The van der Waals surface area contributed by atoms with Crippen LogP contribution < -0.4 is 9.47 Å². The first-order valence-electron chi connectivity index (χ1n) is 6.60. The average molecular weight is 270 g/mol. The van der Waals surface area contributed by atoms with E-state index in [1.807, 2.05) is 48.5 Å². The highest BCUT2D eigenvalue weighted by Crippen LogP contribution is 2.29. The molecule has 3 nitrogen and oxygen atoms in total. The minimum atomic E-state index is 0.494. The second kappa shape index (κ2) is 7.34. The van der Waals surface area contributed by atoms with Gasteiger partial charge in [-0.1, -0.05) is 36.4 Å². The van der Waals surface area contributed by atoms with Crippen molar-refractivity contribution in [2.24, 2.45) is 0 Å². The van der Waals surface area contributed by atoms with Crippen molar-refractivity contribution in [3.63, 3.8) is 0 Å². The molecule has 0 aromatic heterocycles. The van der Waals surface area contributed by atoms with Gasteiger partial charge in [0.25, 0.3) is 0 Å². The molecule has 0 amide bonds. The predicted octanol–water partition coefficient (Wildman–Crippen LogP) is 3.41. The Morgan fingerprint density at radius 3 is 2.50 bits per heavy atom. The molecular weight excluding hydrogens is 252 g/mol. The molecular formula is C17H18O3. The summed E-state index contributed by atoms with van der Waals surface area (Å²) >= 11 is 0. The van der Waals surface area contributed by atoms with Crippen LogP contribution in [0.15, 0.2) is 48.5 Å². The molecule has 2 aromatic carbocycles. The number of methoxy groups -OCH3 is 1. The van der Waals surface area contributed by atoms with E-state index in [-0.39, 0.29) is 0 Å². The third-order valence-corrected chi connectivity index (χ3v) is 3.02. The van der Waals surface area contributed by atoms with Crippen molar-refractivity contribution < 1.29 is 14.3 Å². The number of rotatable bonds is 7. The lowest BCUT2D eigenvalue weighted by molar-refractivity contribution is -0.107. The van der Waals surface area contributed by atoms with Gasteiger partial charge in [-0.15, -0.1) is 0 Å². The van der Waals surface area contributed by atoms with Gasteiger partial charge in [-0.25, -0.2) is 0 Å². The Bertz CT molecular complexity index is 549. The van der Waals surface area contributed by atoms with Crippen LogP contribution in [0.4, 0.5) is 0 Å². The lowest BCUT2D eigenvalue weighted by atomic mass is 10.1. The van der Waals surface area contributed by atoms with Gasteiger partial charge < -0.3 is 14.3 Å². The SMILES string of the molecule is COc1ccc(CCC=O)cc1OCc1ccccc1. The third-order valence-electron chi connectivity index (χ3n) is 3.02. The van der Waals surface area contributed by atoms with Crippen LogP contribution in [-0.4, -0.2) is 13.4 Å². The summed E-state index contributed by atoms with van der Waals surface area (Å²) in [5, 5.41) is 0. The van der Waals surface area contributed by atoms with Crippen molar-refractivity contribution in [1.29, 1.82) is 0 Å². The number of aryl methyl sites for hydroxylation is 1. The van der Waals surface area contributed by atoms with Gasteiger partial charge in [0.1, 0.15) is 12.9 Å². The van der Waals surface area contributed by atoms with E-state index in [1.165, 1.54) is 0 Å². The molecule has 0 N–H and O–H groups in total. The monoisotopic (exact) mass is 270 g/mol. The van der Waals surface area contributed by atoms with Gasteiger partial charge in [-0.2, -0.15) is 0 Å². The molecule has 0 saturated carbocycles. The first-order valence-corrected chi connectivity index (χ1v) is 6.60. The number of ether oxygens (including phenoxy) is 2. The number of hydrogen-bond acceptors (Lipinski definition) is 3. The summed E-state index contributed by atoms with van der Waals surface area (Å²) in [6.07, 6.45) is 2.16. The number of aldehydes is 1. The summed E-state index contributed by atoms with van der Waals surface area (Å²) in [5.74, 6) is 1.41. The minimum Gasteiger partial charge on any atom is -0.493 e. The molecule has 0 heterocycles. The van der Waals surface area contributed by atoms with Crippen LogP contribution in [0.3, 0.4) is 0 Å².